The first-order valence-corrected chi connectivity index (χ1v) is 7.94. The van der Waals surface area contributed by atoms with Crippen LogP contribution in [0, 0.1) is 5.92 Å². The lowest BCUT2D eigenvalue weighted by Gasteiger charge is -2.32. The zero-order chi connectivity index (χ0) is 15.5. The quantitative estimate of drug-likeness (QED) is 0.918. The Balaban J connectivity index is 1.60. The SMILES string of the molecule is COc1ccc2c(c1)OC[C@@H](C(=O)N[C@H]1CCCN(C)C1)C2. The fraction of sp³-hybridized carbons (Fsp3) is 0.588. The van der Waals surface area contributed by atoms with Gasteiger partial charge in [-0.05, 0) is 44.5 Å². The molecule has 5 nitrogen and oxygen atoms in total. The molecule has 5 heteroatoms. The summed E-state index contributed by atoms with van der Waals surface area (Å²) in [6.07, 6.45) is 2.94. The molecule has 2 heterocycles. The second kappa shape index (κ2) is 6.57. The van der Waals surface area contributed by atoms with Crippen LogP contribution >= 0.6 is 0 Å². The summed E-state index contributed by atoms with van der Waals surface area (Å²) in [5.41, 5.74) is 1.08. The Hall–Kier alpha value is -1.75. The maximum atomic E-state index is 12.5. The first-order chi connectivity index (χ1) is 10.7. The smallest absolute Gasteiger partial charge is 0.227 e. The third-order valence-corrected chi connectivity index (χ3v) is 4.52. The van der Waals surface area contributed by atoms with Crippen LogP contribution in [-0.2, 0) is 11.2 Å². The monoisotopic (exact) mass is 304 g/mol. The highest BCUT2D eigenvalue weighted by molar-refractivity contribution is 5.80. The lowest BCUT2D eigenvalue weighted by atomic mass is 9.95. The summed E-state index contributed by atoms with van der Waals surface area (Å²) in [6, 6.07) is 6.06. The van der Waals surface area contributed by atoms with Crippen molar-refractivity contribution < 1.29 is 14.3 Å². The average molecular weight is 304 g/mol. The maximum Gasteiger partial charge on any atom is 0.227 e. The van der Waals surface area contributed by atoms with E-state index in [-0.39, 0.29) is 17.9 Å². The van der Waals surface area contributed by atoms with Crippen LogP contribution in [0.25, 0.3) is 0 Å². The van der Waals surface area contributed by atoms with Gasteiger partial charge in [0.1, 0.15) is 18.1 Å². The molecular weight excluding hydrogens is 280 g/mol. The zero-order valence-electron chi connectivity index (χ0n) is 13.3. The third kappa shape index (κ3) is 3.35. The van der Waals surface area contributed by atoms with Crippen molar-refractivity contribution >= 4 is 5.91 Å². The largest absolute Gasteiger partial charge is 0.497 e. The summed E-state index contributed by atoms with van der Waals surface area (Å²) in [5.74, 6) is 1.63. The Bertz CT molecular complexity index is 547. The van der Waals surface area contributed by atoms with Gasteiger partial charge in [-0.3, -0.25) is 4.79 Å². The third-order valence-electron chi connectivity index (χ3n) is 4.52. The Morgan fingerprint density at radius 2 is 2.32 bits per heavy atom. The van der Waals surface area contributed by atoms with Crippen LogP contribution in [-0.4, -0.2) is 50.7 Å². The van der Waals surface area contributed by atoms with Gasteiger partial charge < -0.3 is 19.7 Å². The summed E-state index contributed by atoms with van der Waals surface area (Å²) in [5, 5.41) is 3.19. The molecule has 1 aromatic carbocycles. The Morgan fingerprint density at radius 1 is 1.45 bits per heavy atom. The van der Waals surface area contributed by atoms with Crippen molar-refractivity contribution in [3.8, 4) is 11.5 Å². The van der Waals surface area contributed by atoms with Gasteiger partial charge in [0.15, 0.2) is 0 Å². The molecule has 2 atom stereocenters. The molecule has 0 saturated carbocycles. The number of rotatable bonds is 3. The Morgan fingerprint density at radius 3 is 3.09 bits per heavy atom. The second-order valence-corrected chi connectivity index (χ2v) is 6.30. The van der Waals surface area contributed by atoms with Gasteiger partial charge in [-0.1, -0.05) is 6.07 Å². The first kappa shape index (κ1) is 15.2. The molecule has 0 spiro atoms. The molecule has 1 amide bonds. The molecule has 1 fully saturated rings. The van der Waals surface area contributed by atoms with Crippen LogP contribution in [0.4, 0.5) is 0 Å². The Labute approximate surface area is 131 Å². The number of piperidine rings is 1. The summed E-state index contributed by atoms with van der Waals surface area (Å²) in [4.78, 5) is 14.7. The number of fused-ring (bicyclic) bond motifs is 1. The predicted molar refractivity (Wildman–Crippen MR) is 84.3 cm³/mol. The molecule has 0 radical (unpaired) electrons. The highest BCUT2D eigenvalue weighted by atomic mass is 16.5. The molecule has 1 saturated heterocycles. The number of amides is 1. The van der Waals surface area contributed by atoms with Gasteiger partial charge in [0, 0.05) is 18.7 Å². The minimum atomic E-state index is -0.104. The normalized spacial score (nSPS) is 25.0. The molecular formula is C17H24N2O3. The molecule has 120 valence electrons. The molecule has 0 unspecified atom stereocenters. The second-order valence-electron chi connectivity index (χ2n) is 6.30. The summed E-state index contributed by atoms with van der Waals surface area (Å²) in [7, 11) is 3.74. The fourth-order valence-corrected chi connectivity index (χ4v) is 3.25. The fourth-order valence-electron chi connectivity index (χ4n) is 3.25. The van der Waals surface area contributed by atoms with E-state index < -0.39 is 0 Å². The summed E-state index contributed by atoms with van der Waals surface area (Å²) < 4.78 is 11.0. The van der Waals surface area contributed by atoms with Crippen molar-refractivity contribution in [1.82, 2.24) is 10.2 Å². The first-order valence-electron chi connectivity index (χ1n) is 7.94. The minimum absolute atomic E-state index is 0.104. The average Bonchev–Trinajstić information content (AvgIpc) is 2.53. The van der Waals surface area contributed by atoms with Gasteiger partial charge in [-0.15, -0.1) is 0 Å². The van der Waals surface area contributed by atoms with Crippen LogP contribution in [0.3, 0.4) is 0 Å². The van der Waals surface area contributed by atoms with E-state index in [4.69, 9.17) is 9.47 Å². The molecule has 1 aromatic rings. The summed E-state index contributed by atoms with van der Waals surface area (Å²) in [6.45, 7) is 2.50. The van der Waals surface area contributed by atoms with E-state index in [1.165, 1.54) is 0 Å². The molecule has 0 aliphatic carbocycles. The van der Waals surface area contributed by atoms with Crippen molar-refractivity contribution in [3.63, 3.8) is 0 Å². The lowest BCUT2D eigenvalue weighted by molar-refractivity contribution is -0.127. The number of benzene rings is 1. The van der Waals surface area contributed by atoms with Gasteiger partial charge >= 0.3 is 0 Å². The number of methoxy groups -OCH3 is 1. The number of nitrogens with one attached hydrogen (secondary N) is 1. The van der Waals surface area contributed by atoms with Crippen molar-refractivity contribution in [2.75, 3.05) is 33.9 Å². The van der Waals surface area contributed by atoms with Crippen molar-refractivity contribution in [2.45, 2.75) is 25.3 Å². The topological polar surface area (TPSA) is 50.8 Å². The number of hydrogen-bond acceptors (Lipinski definition) is 4. The van der Waals surface area contributed by atoms with E-state index in [1.54, 1.807) is 7.11 Å². The number of ether oxygens (including phenoxy) is 2. The van der Waals surface area contributed by atoms with Crippen LogP contribution in [0.1, 0.15) is 18.4 Å². The van der Waals surface area contributed by atoms with Gasteiger partial charge in [-0.25, -0.2) is 0 Å². The Kier molecular flexibility index (Phi) is 4.52. The van der Waals surface area contributed by atoms with Crippen molar-refractivity contribution in [2.24, 2.45) is 5.92 Å². The van der Waals surface area contributed by atoms with Crippen LogP contribution in [0.5, 0.6) is 11.5 Å². The number of nitrogens with zero attached hydrogens (tertiary/aromatic N) is 1. The van der Waals surface area contributed by atoms with Crippen molar-refractivity contribution in [1.29, 1.82) is 0 Å². The minimum Gasteiger partial charge on any atom is -0.497 e. The lowest BCUT2D eigenvalue weighted by Crippen LogP contribution is -2.49. The molecule has 0 bridgehead atoms. The molecule has 2 aliphatic rings. The van der Waals surface area contributed by atoms with Crippen LogP contribution < -0.4 is 14.8 Å². The highest BCUT2D eigenvalue weighted by Crippen LogP contribution is 2.31. The highest BCUT2D eigenvalue weighted by Gasteiger charge is 2.28. The zero-order valence-corrected chi connectivity index (χ0v) is 13.3. The van der Waals surface area contributed by atoms with E-state index >= 15 is 0 Å². The number of hydrogen-bond donors (Lipinski definition) is 1. The van der Waals surface area contributed by atoms with Crippen molar-refractivity contribution in [3.05, 3.63) is 23.8 Å². The van der Waals surface area contributed by atoms with E-state index in [0.29, 0.717) is 6.61 Å². The van der Waals surface area contributed by atoms with Gasteiger partial charge in [-0.2, -0.15) is 0 Å². The van der Waals surface area contributed by atoms with E-state index in [0.717, 1.165) is 49.4 Å². The molecule has 22 heavy (non-hydrogen) atoms. The molecule has 2 aliphatic heterocycles. The predicted octanol–water partition coefficient (Wildman–Crippen LogP) is 1.46. The maximum absolute atomic E-state index is 12.5. The number of likely N-dealkylation sites (N-methyl/N-ethyl adjacent to an activating group) is 1. The van der Waals surface area contributed by atoms with E-state index in [9.17, 15) is 4.79 Å². The van der Waals surface area contributed by atoms with Crippen LogP contribution in [0.2, 0.25) is 0 Å². The van der Waals surface area contributed by atoms with Gasteiger partial charge in [0.25, 0.3) is 0 Å². The standard InChI is InChI=1S/C17H24N2O3/c1-19-7-3-4-14(10-19)18-17(20)13-8-12-5-6-15(21-2)9-16(12)22-11-13/h5-6,9,13-14H,3-4,7-8,10-11H2,1-2H3,(H,18,20)/t13-,14-/m0/s1. The van der Waals surface area contributed by atoms with Gasteiger partial charge in [0.05, 0.1) is 13.0 Å². The van der Waals surface area contributed by atoms with E-state index in [2.05, 4.69) is 17.3 Å². The number of carbonyl (C=O) groups is 1. The van der Waals surface area contributed by atoms with Gasteiger partial charge in [0.2, 0.25) is 5.91 Å². The molecule has 1 N–H and O–H groups in total. The molecule has 0 aromatic heterocycles. The number of likely N-dealkylation sites (tertiary alicyclic amines) is 1. The van der Waals surface area contributed by atoms with Crippen LogP contribution in [0.15, 0.2) is 18.2 Å². The number of carbonyl (C=O) groups excluding carboxylic acids is 1. The van der Waals surface area contributed by atoms with E-state index in [1.807, 2.05) is 18.2 Å². The molecule has 3 rings (SSSR count). The summed E-state index contributed by atoms with van der Waals surface area (Å²) >= 11 is 0.